The summed E-state index contributed by atoms with van der Waals surface area (Å²) in [5.74, 6) is 0. The van der Waals surface area contributed by atoms with Crippen LogP contribution >= 0.6 is 11.3 Å². The topological polar surface area (TPSA) is 9.86 Å². The van der Waals surface area contributed by atoms with Crippen LogP contribution in [0.1, 0.15) is 5.56 Å². The summed E-state index contributed by atoms with van der Waals surface area (Å²) >= 11 is 1.89. The van der Waals surface area contributed by atoms with E-state index in [1.807, 2.05) is 11.3 Å². The summed E-state index contributed by atoms with van der Waals surface area (Å²) in [6.07, 6.45) is 0. The molecular weight excluding hydrogens is 649 g/mol. The molecule has 3 heteroatoms. The Bertz CT molecular complexity index is 3190. The Hall–Kier alpha value is -6.42. The van der Waals surface area contributed by atoms with Gasteiger partial charge in [0, 0.05) is 53.1 Å². The maximum absolute atomic E-state index is 2.43. The third-order valence-corrected chi connectivity index (χ3v) is 12.1. The van der Waals surface area contributed by atoms with E-state index in [0.29, 0.717) is 0 Å². The van der Waals surface area contributed by atoms with E-state index in [4.69, 9.17) is 0 Å². The lowest BCUT2D eigenvalue weighted by molar-refractivity contribution is 1.17. The first-order valence-corrected chi connectivity index (χ1v) is 18.7. The normalized spacial score (nSPS) is 11.9. The largest absolute Gasteiger partial charge is 0.309 e. The van der Waals surface area contributed by atoms with Crippen molar-refractivity contribution in [3.8, 4) is 33.6 Å². The van der Waals surface area contributed by atoms with Crippen LogP contribution in [0.3, 0.4) is 0 Å². The maximum Gasteiger partial charge on any atom is 0.0541 e. The first-order chi connectivity index (χ1) is 25.7. The fourth-order valence-electron chi connectivity index (χ4n) is 8.49. The molecule has 0 aliphatic rings. The van der Waals surface area contributed by atoms with Gasteiger partial charge in [0.2, 0.25) is 0 Å². The van der Waals surface area contributed by atoms with Gasteiger partial charge in [-0.25, -0.2) is 0 Å². The number of nitrogens with zero attached hydrogens (tertiary/aromatic N) is 2. The Morgan fingerprint density at radius 2 is 0.923 bits per heavy atom. The molecule has 0 N–H and O–H groups in total. The van der Waals surface area contributed by atoms with Gasteiger partial charge in [0.25, 0.3) is 0 Å². The summed E-state index contributed by atoms with van der Waals surface area (Å²) in [5.41, 5.74) is 13.5. The fourth-order valence-corrected chi connectivity index (χ4v) is 9.72. The van der Waals surface area contributed by atoms with E-state index in [-0.39, 0.29) is 0 Å². The van der Waals surface area contributed by atoms with Gasteiger partial charge in [-0.1, -0.05) is 109 Å². The van der Waals surface area contributed by atoms with E-state index >= 15 is 0 Å². The summed E-state index contributed by atoms with van der Waals surface area (Å²) < 4.78 is 7.50. The molecule has 0 bridgehead atoms. The van der Waals surface area contributed by atoms with Gasteiger partial charge < -0.3 is 9.13 Å². The average molecular weight is 681 g/mol. The van der Waals surface area contributed by atoms with Crippen molar-refractivity contribution in [2.75, 3.05) is 0 Å². The van der Waals surface area contributed by atoms with Crippen LogP contribution in [0.15, 0.2) is 176 Å². The lowest BCUT2D eigenvalue weighted by Gasteiger charge is -2.13. The van der Waals surface area contributed by atoms with E-state index in [1.165, 1.54) is 103 Å². The molecule has 3 heterocycles. The summed E-state index contributed by atoms with van der Waals surface area (Å²) in [5, 5.41) is 7.72. The van der Waals surface area contributed by atoms with Gasteiger partial charge >= 0.3 is 0 Å². The van der Waals surface area contributed by atoms with Gasteiger partial charge in [-0.2, -0.15) is 0 Å². The fraction of sp³-hybridized carbons (Fsp3) is 0.0204. The third kappa shape index (κ3) is 4.30. The van der Waals surface area contributed by atoms with Gasteiger partial charge in [0.05, 0.1) is 22.1 Å². The van der Waals surface area contributed by atoms with E-state index in [1.54, 1.807) is 0 Å². The van der Waals surface area contributed by atoms with Crippen LogP contribution in [-0.4, -0.2) is 9.13 Å². The number of rotatable bonds is 4. The van der Waals surface area contributed by atoms with E-state index in [2.05, 4.69) is 192 Å². The summed E-state index contributed by atoms with van der Waals surface area (Å²) in [7, 11) is 0. The van der Waals surface area contributed by atoms with Crippen molar-refractivity contribution in [1.29, 1.82) is 0 Å². The zero-order chi connectivity index (χ0) is 34.3. The molecule has 0 saturated heterocycles. The Balaban J connectivity index is 1.05. The van der Waals surface area contributed by atoms with Gasteiger partial charge in [-0.3, -0.25) is 0 Å². The van der Waals surface area contributed by atoms with Crippen LogP contribution in [-0.2, 0) is 0 Å². The number of thiophene rings is 1. The number of para-hydroxylation sites is 3. The molecule has 11 aromatic rings. The molecule has 11 rings (SSSR count). The molecule has 0 radical (unpaired) electrons. The molecule has 0 atom stereocenters. The van der Waals surface area contributed by atoms with Gasteiger partial charge in [0.1, 0.15) is 0 Å². The van der Waals surface area contributed by atoms with Crippen LogP contribution in [0.25, 0.3) is 97.4 Å². The second kappa shape index (κ2) is 11.3. The third-order valence-electron chi connectivity index (χ3n) is 10.9. The molecule has 52 heavy (non-hydrogen) atoms. The van der Waals surface area contributed by atoms with E-state index in [0.717, 1.165) is 0 Å². The second-order valence-corrected chi connectivity index (χ2v) is 14.8. The minimum Gasteiger partial charge on any atom is -0.309 e. The monoisotopic (exact) mass is 680 g/mol. The standard InChI is InChI=1S/C49H32N2S/c1-31-28-35(24-25-36(31)40-17-11-18-41-39-16-7-10-21-48(39)52-49(40)41)51-45-20-9-6-15-38(45)43-30-33(23-27-47(43)51)32-22-26-46-42(29-32)37-14-5-8-19-44(37)50(46)34-12-3-2-4-13-34/h2-30H,1H3. The summed E-state index contributed by atoms with van der Waals surface area (Å²) in [6, 6.07) is 64.6. The number of aromatic nitrogens is 2. The van der Waals surface area contributed by atoms with Crippen molar-refractivity contribution in [2.45, 2.75) is 6.92 Å². The van der Waals surface area contributed by atoms with Crippen molar-refractivity contribution < 1.29 is 0 Å². The molecule has 8 aromatic carbocycles. The highest BCUT2D eigenvalue weighted by atomic mass is 32.1. The number of hydrogen-bond donors (Lipinski definition) is 0. The Kier molecular flexibility index (Phi) is 6.37. The van der Waals surface area contributed by atoms with Crippen molar-refractivity contribution in [3.63, 3.8) is 0 Å². The smallest absolute Gasteiger partial charge is 0.0541 e. The molecule has 3 aromatic heterocycles. The Morgan fingerprint density at radius 1 is 0.365 bits per heavy atom. The zero-order valence-corrected chi connectivity index (χ0v) is 29.4. The van der Waals surface area contributed by atoms with Gasteiger partial charge in [-0.15, -0.1) is 11.3 Å². The van der Waals surface area contributed by atoms with Crippen LogP contribution in [0.2, 0.25) is 0 Å². The number of fused-ring (bicyclic) bond motifs is 9. The molecule has 0 unspecified atom stereocenters. The van der Waals surface area contributed by atoms with Crippen LogP contribution in [0, 0.1) is 6.92 Å². The first kappa shape index (κ1) is 29.3. The quantitative estimate of drug-likeness (QED) is 0.175. The van der Waals surface area contributed by atoms with Crippen molar-refractivity contribution in [3.05, 3.63) is 181 Å². The van der Waals surface area contributed by atoms with Gasteiger partial charge in [-0.05, 0) is 101 Å². The first-order valence-electron chi connectivity index (χ1n) is 17.9. The highest BCUT2D eigenvalue weighted by Crippen LogP contribution is 2.42. The lowest BCUT2D eigenvalue weighted by Crippen LogP contribution is -1.95. The highest BCUT2D eigenvalue weighted by Gasteiger charge is 2.17. The van der Waals surface area contributed by atoms with Crippen molar-refractivity contribution in [2.24, 2.45) is 0 Å². The van der Waals surface area contributed by atoms with Crippen LogP contribution < -0.4 is 0 Å². The molecule has 0 aliphatic carbocycles. The summed E-state index contributed by atoms with van der Waals surface area (Å²) in [6.45, 7) is 2.25. The van der Waals surface area contributed by atoms with Crippen LogP contribution in [0.4, 0.5) is 0 Å². The van der Waals surface area contributed by atoms with E-state index in [9.17, 15) is 0 Å². The summed E-state index contributed by atoms with van der Waals surface area (Å²) in [4.78, 5) is 0. The van der Waals surface area contributed by atoms with Crippen molar-refractivity contribution in [1.82, 2.24) is 9.13 Å². The van der Waals surface area contributed by atoms with Gasteiger partial charge in [0.15, 0.2) is 0 Å². The molecule has 0 saturated carbocycles. The van der Waals surface area contributed by atoms with E-state index < -0.39 is 0 Å². The predicted octanol–water partition coefficient (Wildman–Crippen LogP) is 13.9. The van der Waals surface area contributed by atoms with Crippen molar-refractivity contribution >= 4 is 75.1 Å². The molecule has 0 aliphatic heterocycles. The number of aryl methyl sites for hydroxylation is 1. The molecular formula is C49H32N2S. The Labute approximate surface area is 305 Å². The predicted molar refractivity (Wildman–Crippen MR) is 224 cm³/mol. The SMILES string of the molecule is Cc1cc(-n2c3ccccc3c3cc(-c4ccc5c(c4)c4ccccc4n5-c4ccccc4)ccc32)ccc1-c1cccc2c1sc1ccccc12. The highest BCUT2D eigenvalue weighted by molar-refractivity contribution is 7.26. The lowest BCUT2D eigenvalue weighted by atomic mass is 9.98. The van der Waals surface area contributed by atoms with Crippen LogP contribution in [0.5, 0.6) is 0 Å². The second-order valence-electron chi connectivity index (χ2n) is 13.8. The molecule has 0 spiro atoms. The average Bonchev–Trinajstić information content (AvgIpc) is 3.86. The minimum atomic E-state index is 1.18. The molecule has 0 amide bonds. The maximum atomic E-state index is 2.43. The Morgan fingerprint density at radius 3 is 1.60 bits per heavy atom. The molecule has 0 fully saturated rings. The molecule has 244 valence electrons. The number of benzene rings is 8. The molecule has 2 nitrogen and oxygen atoms in total. The minimum absolute atomic E-state index is 1.18. The number of hydrogen-bond acceptors (Lipinski definition) is 1. The zero-order valence-electron chi connectivity index (χ0n) is 28.5.